The minimum atomic E-state index is -1.08. The van der Waals surface area contributed by atoms with Crippen molar-refractivity contribution in [1.29, 1.82) is 0 Å². The number of halogens is 1. The first-order valence-corrected chi connectivity index (χ1v) is 5.39. The van der Waals surface area contributed by atoms with Crippen LogP contribution in [-0.4, -0.2) is 28.0 Å². The van der Waals surface area contributed by atoms with E-state index in [1.54, 1.807) is 0 Å². The fourth-order valence-corrected chi connectivity index (χ4v) is 1.77. The van der Waals surface area contributed by atoms with E-state index >= 15 is 0 Å². The number of rotatable bonds is 5. The molecule has 0 aromatic carbocycles. The first kappa shape index (κ1) is 13.0. The van der Waals surface area contributed by atoms with Crippen molar-refractivity contribution in [2.75, 3.05) is 7.11 Å². The van der Waals surface area contributed by atoms with Crippen LogP contribution in [0.2, 0.25) is 5.15 Å². The second-order valence-corrected chi connectivity index (χ2v) is 3.91. The summed E-state index contributed by atoms with van der Waals surface area (Å²) in [5.74, 6) is -1.08. The number of ether oxygens (including phenoxy) is 1. The first-order valence-electron chi connectivity index (χ1n) is 5.02. The molecule has 1 unspecified atom stereocenters. The van der Waals surface area contributed by atoms with Crippen LogP contribution in [0.5, 0.6) is 0 Å². The van der Waals surface area contributed by atoms with Gasteiger partial charge in [-0.25, -0.2) is 9.48 Å². The normalized spacial score (nSPS) is 12.8. The Bertz CT molecular complexity index is 390. The Kier molecular flexibility index (Phi) is 4.32. The molecule has 0 aliphatic carbocycles. The predicted octanol–water partition coefficient (Wildman–Crippen LogP) is 2.35. The van der Waals surface area contributed by atoms with Crippen molar-refractivity contribution >= 4 is 17.6 Å². The number of carboxylic acids is 1. The van der Waals surface area contributed by atoms with Gasteiger partial charge in [0.15, 0.2) is 0 Å². The average Bonchev–Trinajstić information content (AvgIpc) is 2.55. The first-order chi connectivity index (χ1) is 7.52. The molecule has 0 saturated heterocycles. The maximum absolute atomic E-state index is 11.0. The second-order valence-electron chi connectivity index (χ2n) is 3.55. The highest BCUT2D eigenvalue weighted by atomic mass is 35.5. The average molecular weight is 247 g/mol. The van der Waals surface area contributed by atoms with E-state index in [0.29, 0.717) is 5.69 Å². The maximum atomic E-state index is 11.0. The molecule has 1 N–H and O–H groups in total. The summed E-state index contributed by atoms with van der Waals surface area (Å²) in [5, 5.41) is 13.4. The minimum absolute atomic E-state index is 0.0313. The van der Waals surface area contributed by atoms with Gasteiger partial charge < -0.3 is 9.84 Å². The molecule has 0 bridgehead atoms. The van der Waals surface area contributed by atoms with E-state index in [4.69, 9.17) is 21.4 Å². The minimum Gasteiger partial charge on any atom is -0.478 e. The lowest BCUT2D eigenvalue weighted by Gasteiger charge is -2.09. The number of carbonyl (C=O) groups is 1. The van der Waals surface area contributed by atoms with Crippen LogP contribution in [0.15, 0.2) is 0 Å². The standard InChI is InChI=1S/C10H15ClN2O3/c1-4-6(2)13-9(11)8(10(14)15)7(12-13)5-16-3/h6H,4-5H2,1-3H3,(H,14,15). The van der Waals surface area contributed by atoms with Crippen LogP contribution in [0.1, 0.15) is 42.4 Å². The molecule has 1 heterocycles. The van der Waals surface area contributed by atoms with Crippen LogP contribution in [0.4, 0.5) is 0 Å². The van der Waals surface area contributed by atoms with E-state index in [0.717, 1.165) is 6.42 Å². The Morgan fingerprint density at radius 2 is 2.31 bits per heavy atom. The largest absolute Gasteiger partial charge is 0.478 e. The molecule has 5 nitrogen and oxygen atoms in total. The molecule has 0 aliphatic rings. The Morgan fingerprint density at radius 3 is 2.75 bits per heavy atom. The summed E-state index contributed by atoms with van der Waals surface area (Å²) in [6, 6.07) is 0.0659. The molecular formula is C10H15ClN2O3. The number of aromatic nitrogens is 2. The van der Waals surface area contributed by atoms with Gasteiger partial charge in [0.05, 0.1) is 12.6 Å². The number of hydrogen-bond donors (Lipinski definition) is 1. The van der Waals surface area contributed by atoms with E-state index in [9.17, 15) is 4.79 Å². The fourth-order valence-electron chi connectivity index (χ4n) is 1.37. The van der Waals surface area contributed by atoms with Crippen molar-refractivity contribution < 1.29 is 14.6 Å². The van der Waals surface area contributed by atoms with Gasteiger partial charge in [-0.3, -0.25) is 0 Å². The van der Waals surface area contributed by atoms with Crippen molar-refractivity contribution in [3.8, 4) is 0 Å². The van der Waals surface area contributed by atoms with E-state index in [1.807, 2.05) is 13.8 Å². The Labute approximate surface area is 99.0 Å². The molecule has 0 spiro atoms. The van der Waals surface area contributed by atoms with Crippen molar-refractivity contribution in [3.05, 3.63) is 16.4 Å². The van der Waals surface area contributed by atoms with Crippen molar-refractivity contribution in [1.82, 2.24) is 9.78 Å². The molecule has 0 radical (unpaired) electrons. The van der Waals surface area contributed by atoms with Gasteiger partial charge in [-0.1, -0.05) is 18.5 Å². The molecule has 90 valence electrons. The van der Waals surface area contributed by atoms with Crippen molar-refractivity contribution in [3.63, 3.8) is 0 Å². The van der Waals surface area contributed by atoms with Gasteiger partial charge >= 0.3 is 5.97 Å². The van der Waals surface area contributed by atoms with Gasteiger partial charge in [0.2, 0.25) is 0 Å². The number of methoxy groups -OCH3 is 1. The summed E-state index contributed by atoms with van der Waals surface area (Å²) >= 11 is 6.00. The zero-order valence-electron chi connectivity index (χ0n) is 9.53. The second kappa shape index (κ2) is 5.32. The van der Waals surface area contributed by atoms with Crippen LogP contribution >= 0.6 is 11.6 Å². The van der Waals surface area contributed by atoms with E-state index < -0.39 is 5.97 Å². The number of nitrogens with zero attached hydrogens (tertiary/aromatic N) is 2. The molecule has 1 atom stereocenters. The highest BCUT2D eigenvalue weighted by molar-refractivity contribution is 6.32. The van der Waals surface area contributed by atoms with Gasteiger partial charge in [0.25, 0.3) is 0 Å². The third kappa shape index (κ3) is 2.36. The van der Waals surface area contributed by atoms with E-state index in [-0.39, 0.29) is 23.4 Å². The Balaban J connectivity index is 3.23. The summed E-state index contributed by atoms with van der Waals surface area (Å²) in [6.45, 7) is 4.06. The molecule has 1 aromatic rings. The predicted molar refractivity (Wildman–Crippen MR) is 59.9 cm³/mol. The number of carboxylic acid groups (broad SMARTS) is 1. The maximum Gasteiger partial charge on any atom is 0.340 e. The van der Waals surface area contributed by atoms with Gasteiger partial charge in [0.1, 0.15) is 16.4 Å². The van der Waals surface area contributed by atoms with Crippen LogP contribution in [0, 0.1) is 0 Å². The van der Waals surface area contributed by atoms with Gasteiger partial charge in [-0.15, -0.1) is 0 Å². The number of aromatic carboxylic acids is 1. The van der Waals surface area contributed by atoms with E-state index in [2.05, 4.69) is 5.10 Å². The highest BCUT2D eigenvalue weighted by Gasteiger charge is 2.23. The quantitative estimate of drug-likeness (QED) is 0.866. The third-order valence-corrected chi connectivity index (χ3v) is 2.79. The van der Waals surface area contributed by atoms with Crippen molar-refractivity contribution in [2.45, 2.75) is 32.9 Å². The lowest BCUT2D eigenvalue weighted by atomic mass is 10.2. The van der Waals surface area contributed by atoms with Crippen LogP contribution in [0.3, 0.4) is 0 Å². The lowest BCUT2D eigenvalue weighted by Crippen LogP contribution is -2.06. The van der Waals surface area contributed by atoms with Crippen molar-refractivity contribution in [2.24, 2.45) is 0 Å². The SMILES string of the molecule is CCC(C)n1nc(COC)c(C(=O)O)c1Cl. The smallest absolute Gasteiger partial charge is 0.340 e. The lowest BCUT2D eigenvalue weighted by molar-refractivity contribution is 0.0692. The zero-order chi connectivity index (χ0) is 12.3. The molecule has 6 heteroatoms. The summed E-state index contributed by atoms with van der Waals surface area (Å²) in [4.78, 5) is 11.0. The third-order valence-electron chi connectivity index (χ3n) is 2.43. The van der Waals surface area contributed by atoms with Gasteiger partial charge in [-0.05, 0) is 13.3 Å². The molecule has 16 heavy (non-hydrogen) atoms. The number of hydrogen-bond acceptors (Lipinski definition) is 3. The molecule has 0 aliphatic heterocycles. The van der Waals surface area contributed by atoms with Crippen LogP contribution in [-0.2, 0) is 11.3 Å². The zero-order valence-corrected chi connectivity index (χ0v) is 10.3. The van der Waals surface area contributed by atoms with E-state index in [1.165, 1.54) is 11.8 Å². The summed E-state index contributed by atoms with van der Waals surface area (Å²) in [7, 11) is 1.49. The van der Waals surface area contributed by atoms with Gasteiger partial charge in [-0.2, -0.15) is 5.10 Å². The van der Waals surface area contributed by atoms with Crippen LogP contribution < -0.4 is 0 Å². The monoisotopic (exact) mass is 246 g/mol. The molecule has 1 aromatic heterocycles. The molecule has 0 saturated carbocycles. The molecular weight excluding hydrogens is 232 g/mol. The van der Waals surface area contributed by atoms with Crippen LogP contribution in [0.25, 0.3) is 0 Å². The summed E-state index contributed by atoms with van der Waals surface area (Å²) in [5.41, 5.74) is 0.393. The molecule has 0 fully saturated rings. The highest BCUT2D eigenvalue weighted by Crippen LogP contribution is 2.25. The Hall–Kier alpha value is -1.07. The Morgan fingerprint density at radius 1 is 1.69 bits per heavy atom. The summed E-state index contributed by atoms with van der Waals surface area (Å²) in [6.07, 6.45) is 0.826. The van der Waals surface area contributed by atoms with Gasteiger partial charge in [0, 0.05) is 7.11 Å². The topological polar surface area (TPSA) is 64.4 Å². The molecule has 1 rings (SSSR count). The molecule has 0 amide bonds. The fraction of sp³-hybridized carbons (Fsp3) is 0.600. The summed E-state index contributed by atoms with van der Waals surface area (Å²) < 4.78 is 6.43.